The smallest absolute Gasteiger partial charge is 0.378 e. The van der Waals surface area contributed by atoms with Crippen molar-refractivity contribution < 1.29 is 23.1 Å². The number of carbonyl (C=O) groups excluding carboxylic acids is 1. The number of fused-ring (bicyclic) bond motifs is 1. The summed E-state index contributed by atoms with van der Waals surface area (Å²) in [6.07, 6.45) is -3.70. The molecule has 8 heteroatoms. The molecule has 2 aromatic rings. The van der Waals surface area contributed by atoms with Gasteiger partial charge >= 0.3 is 6.18 Å². The number of alkyl halides is 3. The molecule has 1 aromatic heterocycles. The van der Waals surface area contributed by atoms with Crippen molar-refractivity contribution in [1.29, 1.82) is 0 Å². The number of aromatic amines is 1. The molecule has 0 radical (unpaired) electrons. The first-order valence-corrected chi connectivity index (χ1v) is 7.01. The minimum absolute atomic E-state index is 0.140. The van der Waals surface area contributed by atoms with Crippen molar-refractivity contribution in [3.05, 3.63) is 52.8 Å². The quantitative estimate of drug-likeness (QED) is 0.888. The highest BCUT2D eigenvalue weighted by atomic mass is 19.4. The zero-order valence-electron chi connectivity index (χ0n) is 12.0. The van der Waals surface area contributed by atoms with E-state index in [9.17, 15) is 23.1 Å². The van der Waals surface area contributed by atoms with Crippen LogP contribution in [0.5, 0.6) is 0 Å². The van der Waals surface area contributed by atoms with Gasteiger partial charge in [0.2, 0.25) is 0 Å². The van der Waals surface area contributed by atoms with Gasteiger partial charge in [-0.15, -0.1) is 0 Å². The third-order valence-electron chi connectivity index (χ3n) is 3.90. The van der Waals surface area contributed by atoms with Crippen LogP contribution in [-0.2, 0) is 23.9 Å². The van der Waals surface area contributed by atoms with Crippen molar-refractivity contribution in [3.8, 4) is 0 Å². The van der Waals surface area contributed by atoms with Gasteiger partial charge in [0.25, 0.3) is 5.91 Å². The topological polar surface area (TPSA) is 69.2 Å². The van der Waals surface area contributed by atoms with Gasteiger partial charge in [0.05, 0.1) is 11.8 Å². The number of rotatable bonds is 2. The molecule has 0 aliphatic carbocycles. The molecule has 0 bridgehead atoms. The first-order chi connectivity index (χ1) is 10.9. The molecule has 0 saturated carbocycles. The molecular weight excluding hydrogens is 311 g/mol. The first kappa shape index (κ1) is 15.5. The number of hydrogen-bond donors (Lipinski definition) is 2. The maximum absolute atomic E-state index is 12.5. The second-order valence-electron chi connectivity index (χ2n) is 5.41. The maximum atomic E-state index is 12.5. The summed E-state index contributed by atoms with van der Waals surface area (Å²) in [4.78, 5) is 13.8. The molecule has 1 aliphatic heterocycles. The fraction of sp³-hybridized carbons (Fsp3) is 0.333. The number of H-pyrrole nitrogens is 1. The van der Waals surface area contributed by atoms with Crippen LogP contribution in [-0.4, -0.2) is 32.7 Å². The number of amides is 1. The molecule has 2 heterocycles. The Morgan fingerprint density at radius 3 is 2.65 bits per heavy atom. The van der Waals surface area contributed by atoms with E-state index in [4.69, 9.17) is 0 Å². The number of aliphatic hydroxyl groups excluding tert-OH is 1. The number of nitrogens with one attached hydrogen (secondary N) is 1. The van der Waals surface area contributed by atoms with Gasteiger partial charge in [0.15, 0.2) is 6.10 Å². The zero-order chi connectivity index (χ0) is 16.6. The predicted octanol–water partition coefficient (Wildman–Crippen LogP) is 2.05. The summed E-state index contributed by atoms with van der Waals surface area (Å²) in [6.45, 7) is 0.744. The summed E-state index contributed by atoms with van der Waals surface area (Å²) in [7, 11) is 0. The molecule has 1 unspecified atom stereocenters. The lowest BCUT2D eigenvalue weighted by molar-refractivity contribution is -0.141. The minimum Gasteiger partial charge on any atom is -0.378 e. The van der Waals surface area contributed by atoms with E-state index in [-0.39, 0.29) is 5.56 Å². The van der Waals surface area contributed by atoms with Crippen LogP contribution in [0.1, 0.15) is 28.5 Å². The highest BCUT2D eigenvalue weighted by Gasteiger charge is 2.31. The SMILES string of the molecule is O=C(C(O)c1ccc(C(F)(F)F)cc1)N1CCc2[nH]ncc2C1. The molecule has 1 aliphatic rings. The molecule has 1 aromatic carbocycles. The van der Waals surface area contributed by atoms with Gasteiger partial charge in [0.1, 0.15) is 0 Å². The van der Waals surface area contributed by atoms with E-state index in [2.05, 4.69) is 10.2 Å². The second-order valence-corrected chi connectivity index (χ2v) is 5.41. The fourth-order valence-electron chi connectivity index (χ4n) is 2.58. The van der Waals surface area contributed by atoms with Gasteiger partial charge < -0.3 is 10.0 Å². The monoisotopic (exact) mass is 325 g/mol. The molecular formula is C15H14F3N3O2. The minimum atomic E-state index is -4.45. The van der Waals surface area contributed by atoms with E-state index >= 15 is 0 Å². The van der Waals surface area contributed by atoms with E-state index in [1.807, 2.05) is 0 Å². The van der Waals surface area contributed by atoms with Crippen LogP contribution >= 0.6 is 0 Å². The van der Waals surface area contributed by atoms with Crippen LogP contribution in [0.2, 0.25) is 0 Å². The Balaban J connectivity index is 1.73. The molecule has 5 nitrogen and oxygen atoms in total. The average molecular weight is 325 g/mol. The number of benzene rings is 1. The van der Waals surface area contributed by atoms with Gasteiger partial charge in [-0.25, -0.2) is 0 Å². The van der Waals surface area contributed by atoms with Crippen LogP contribution in [0.25, 0.3) is 0 Å². The Morgan fingerprint density at radius 1 is 1.30 bits per heavy atom. The van der Waals surface area contributed by atoms with E-state index in [0.717, 1.165) is 35.5 Å². The van der Waals surface area contributed by atoms with Crippen molar-refractivity contribution in [2.45, 2.75) is 25.2 Å². The molecule has 3 rings (SSSR count). The molecule has 0 fully saturated rings. The Labute approximate surface area is 129 Å². The largest absolute Gasteiger partial charge is 0.416 e. The van der Waals surface area contributed by atoms with Crippen LogP contribution in [0.3, 0.4) is 0 Å². The number of aliphatic hydroxyl groups is 1. The number of hydrogen-bond acceptors (Lipinski definition) is 3. The Bertz CT molecular complexity index is 710. The van der Waals surface area contributed by atoms with Gasteiger partial charge in [-0.05, 0) is 17.7 Å². The molecule has 0 saturated heterocycles. The van der Waals surface area contributed by atoms with Crippen molar-refractivity contribution in [2.24, 2.45) is 0 Å². The van der Waals surface area contributed by atoms with Crippen LogP contribution in [0.15, 0.2) is 30.5 Å². The summed E-state index contributed by atoms with van der Waals surface area (Å²) in [5.41, 5.74) is 1.16. The van der Waals surface area contributed by atoms with Gasteiger partial charge in [-0.2, -0.15) is 18.3 Å². The van der Waals surface area contributed by atoms with Crippen molar-refractivity contribution in [3.63, 3.8) is 0 Å². The number of aromatic nitrogens is 2. The van der Waals surface area contributed by atoms with E-state index < -0.39 is 23.8 Å². The van der Waals surface area contributed by atoms with Crippen LogP contribution in [0, 0.1) is 0 Å². The lowest BCUT2D eigenvalue weighted by Gasteiger charge is -2.28. The molecule has 2 N–H and O–H groups in total. The van der Waals surface area contributed by atoms with Gasteiger partial charge in [0, 0.05) is 30.8 Å². The second kappa shape index (κ2) is 5.69. The zero-order valence-corrected chi connectivity index (χ0v) is 12.0. The van der Waals surface area contributed by atoms with E-state index in [0.29, 0.717) is 19.5 Å². The Morgan fingerprint density at radius 2 is 2.00 bits per heavy atom. The van der Waals surface area contributed by atoms with Crippen molar-refractivity contribution >= 4 is 5.91 Å². The number of halogens is 3. The van der Waals surface area contributed by atoms with Crippen LogP contribution < -0.4 is 0 Å². The summed E-state index contributed by atoms with van der Waals surface area (Å²) >= 11 is 0. The van der Waals surface area contributed by atoms with Crippen LogP contribution in [0.4, 0.5) is 13.2 Å². The predicted molar refractivity (Wildman–Crippen MR) is 74.1 cm³/mol. The molecule has 122 valence electrons. The van der Waals surface area contributed by atoms with Gasteiger partial charge in [-0.1, -0.05) is 12.1 Å². The summed E-state index contributed by atoms with van der Waals surface area (Å²) < 4.78 is 37.6. The third kappa shape index (κ3) is 3.07. The maximum Gasteiger partial charge on any atom is 0.416 e. The fourth-order valence-corrected chi connectivity index (χ4v) is 2.58. The summed E-state index contributed by atoms with van der Waals surface area (Å²) in [6, 6.07) is 3.96. The normalized spacial score (nSPS) is 16.1. The Hall–Kier alpha value is -2.35. The molecule has 0 spiro atoms. The summed E-state index contributed by atoms with van der Waals surface area (Å²) in [5, 5.41) is 16.9. The third-order valence-corrected chi connectivity index (χ3v) is 3.90. The number of carbonyl (C=O) groups is 1. The standard InChI is InChI=1S/C15H14F3N3O2/c16-15(17,18)11-3-1-9(2-4-11)13(22)14(23)21-6-5-12-10(8-21)7-19-20-12/h1-4,7,13,22H,5-6,8H2,(H,19,20). The first-order valence-electron chi connectivity index (χ1n) is 7.01. The summed E-state index contributed by atoms with van der Waals surface area (Å²) in [5.74, 6) is -0.531. The molecule has 1 amide bonds. The van der Waals surface area contributed by atoms with Crippen molar-refractivity contribution in [2.75, 3.05) is 6.54 Å². The highest BCUT2D eigenvalue weighted by Crippen LogP contribution is 2.30. The molecule has 23 heavy (non-hydrogen) atoms. The highest BCUT2D eigenvalue weighted by molar-refractivity contribution is 5.82. The number of nitrogens with zero attached hydrogens (tertiary/aromatic N) is 2. The van der Waals surface area contributed by atoms with Gasteiger partial charge in [-0.3, -0.25) is 9.89 Å². The molecule has 1 atom stereocenters. The van der Waals surface area contributed by atoms with Crippen molar-refractivity contribution in [1.82, 2.24) is 15.1 Å². The lowest BCUT2D eigenvalue weighted by atomic mass is 10.0. The van der Waals surface area contributed by atoms with E-state index in [1.54, 1.807) is 6.20 Å². The lowest BCUT2D eigenvalue weighted by Crippen LogP contribution is -2.38. The average Bonchev–Trinajstić information content (AvgIpc) is 3.00. The van der Waals surface area contributed by atoms with E-state index in [1.165, 1.54) is 4.90 Å². The Kier molecular flexibility index (Phi) is 3.85.